The average molecular weight is 599 g/mol. The molecule has 0 spiro atoms. The number of thiazole rings is 1. The summed E-state index contributed by atoms with van der Waals surface area (Å²) >= 11 is 2.38. The summed E-state index contributed by atoms with van der Waals surface area (Å²) in [5.41, 5.74) is 6.68. The van der Waals surface area contributed by atoms with Gasteiger partial charge in [0.15, 0.2) is 10.8 Å². The van der Waals surface area contributed by atoms with Gasteiger partial charge in [0.2, 0.25) is 0 Å². The lowest BCUT2D eigenvalue weighted by atomic mass is 10.0. The molecule has 13 nitrogen and oxygen atoms in total. The molecule has 2 aromatic heterocycles. The van der Waals surface area contributed by atoms with Crippen molar-refractivity contribution in [1.82, 2.24) is 20.2 Å². The van der Waals surface area contributed by atoms with Gasteiger partial charge in [0.1, 0.15) is 29.4 Å². The Morgan fingerprint density at radius 3 is 2.76 bits per heavy atom. The van der Waals surface area contributed by atoms with E-state index in [2.05, 4.69) is 20.4 Å². The smallest absolute Gasteiger partial charge is 0.355 e. The highest BCUT2D eigenvalue weighted by Gasteiger charge is 2.54. The number of carbonyl (C=O) groups is 4. The number of fused-ring (bicyclic) bond motifs is 1. The van der Waals surface area contributed by atoms with Crippen molar-refractivity contribution in [3.8, 4) is 0 Å². The molecule has 15 heteroatoms. The number of nitrogens with zero attached hydrogens (tertiary/aromatic N) is 4. The van der Waals surface area contributed by atoms with Gasteiger partial charge in [-0.3, -0.25) is 19.5 Å². The molecule has 0 aromatic carbocycles. The zero-order valence-electron chi connectivity index (χ0n) is 22.0. The molecule has 0 unspecified atom stereocenters. The van der Waals surface area contributed by atoms with Crippen LogP contribution in [0.2, 0.25) is 0 Å². The van der Waals surface area contributed by atoms with E-state index in [1.807, 2.05) is 6.07 Å². The van der Waals surface area contributed by atoms with E-state index in [9.17, 15) is 24.4 Å². The predicted octanol–water partition coefficient (Wildman–Crippen LogP) is 1.72. The summed E-state index contributed by atoms with van der Waals surface area (Å²) in [6.45, 7) is 3.08. The molecule has 1 fully saturated rings. The number of carbonyl (C=O) groups excluding carboxylic acids is 4. The van der Waals surface area contributed by atoms with Gasteiger partial charge in [-0.1, -0.05) is 29.5 Å². The number of nitrogen functional groups attached to an aromatic ring is 1. The topological polar surface area (TPSA) is 186 Å². The van der Waals surface area contributed by atoms with E-state index >= 15 is 0 Å². The van der Waals surface area contributed by atoms with Crippen LogP contribution in [-0.2, 0) is 28.7 Å². The van der Waals surface area contributed by atoms with Crippen LogP contribution in [0.1, 0.15) is 25.1 Å². The van der Waals surface area contributed by atoms with Crippen LogP contribution in [0.25, 0.3) is 6.08 Å². The molecule has 2 atom stereocenters. The van der Waals surface area contributed by atoms with Crippen LogP contribution in [-0.4, -0.2) is 79.9 Å². The summed E-state index contributed by atoms with van der Waals surface area (Å²) in [5.74, 6) is -2.53. The predicted molar refractivity (Wildman–Crippen MR) is 152 cm³/mol. The number of esters is 2. The summed E-state index contributed by atoms with van der Waals surface area (Å²) in [5, 5.41) is 15.9. The van der Waals surface area contributed by atoms with E-state index in [0.29, 0.717) is 11.3 Å². The molecule has 0 aliphatic carbocycles. The van der Waals surface area contributed by atoms with Gasteiger partial charge in [-0.15, -0.1) is 23.1 Å². The Kier molecular flexibility index (Phi) is 9.52. The fourth-order valence-corrected chi connectivity index (χ4v) is 5.81. The monoisotopic (exact) mass is 598 g/mol. The minimum atomic E-state index is -1.02. The van der Waals surface area contributed by atoms with Crippen LogP contribution >= 0.6 is 23.1 Å². The van der Waals surface area contributed by atoms with E-state index in [4.69, 9.17) is 15.2 Å². The summed E-state index contributed by atoms with van der Waals surface area (Å²) in [6.07, 6.45) is 8.20. The molecule has 4 N–H and O–H groups in total. The maximum atomic E-state index is 13.4. The van der Waals surface area contributed by atoms with Gasteiger partial charge in [0.25, 0.3) is 11.8 Å². The lowest BCUT2D eigenvalue weighted by Crippen LogP contribution is -2.71. The summed E-state index contributed by atoms with van der Waals surface area (Å²) < 4.78 is 10.4. The minimum absolute atomic E-state index is 0.00738. The Balaban J connectivity index is 1.57. The van der Waals surface area contributed by atoms with Gasteiger partial charge in [-0.05, 0) is 31.1 Å². The number of hydrogen-bond donors (Lipinski definition) is 3. The molecule has 4 heterocycles. The Morgan fingerprint density at radius 1 is 1.32 bits per heavy atom. The first-order valence-electron chi connectivity index (χ1n) is 12.3. The highest BCUT2D eigenvalue weighted by Crippen LogP contribution is 2.41. The molecule has 1 saturated heterocycles. The number of aromatic nitrogens is 2. The first-order chi connectivity index (χ1) is 19.8. The third-order valence-electron chi connectivity index (χ3n) is 5.96. The van der Waals surface area contributed by atoms with Crippen molar-refractivity contribution in [2.75, 3.05) is 24.7 Å². The molecule has 4 rings (SSSR count). The van der Waals surface area contributed by atoms with Crippen molar-refractivity contribution in [3.63, 3.8) is 0 Å². The number of hydrogen-bond acceptors (Lipinski definition) is 13. The fraction of sp³-hybridized carbons (Fsp3) is 0.269. The summed E-state index contributed by atoms with van der Waals surface area (Å²) in [6, 6.07) is 2.58. The van der Waals surface area contributed by atoms with Crippen molar-refractivity contribution in [1.29, 1.82) is 0 Å². The zero-order valence-corrected chi connectivity index (χ0v) is 23.6. The number of rotatable bonds is 10. The second-order valence-electron chi connectivity index (χ2n) is 8.48. The average Bonchev–Trinajstić information content (AvgIpc) is 3.40. The second-order valence-corrected chi connectivity index (χ2v) is 10.5. The number of amides is 2. The Hall–Kier alpha value is -4.50. The number of ether oxygens (including phenoxy) is 2. The first-order valence-corrected chi connectivity index (χ1v) is 14.2. The highest BCUT2D eigenvalue weighted by molar-refractivity contribution is 8.00. The van der Waals surface area contributed by atoms with Crippen LogP contribution in [0.3, 0.4) is 0 Å². The number of allylic oxidation sites excluding steroid dienone is 2. The lowest BCUT2D eigenvalue weighted by Gasteiger charge is -2.49. The number of anilines is 1. The molecule has 0 radical (unpaired) electrons. The van der Waals surface area contributed by atoms with E-state index in [-0.39, 0.29) is 35.3 Å². The van der Waals surface area contributed by atoms with Gasteiger partial charge < -0.3 is 25.7 Å². The molecule has 2 amide bonds. The van der Waals surface area contributed by atoms with Crippen LogP contribution in [0, 0.1) is 0 Å². The number of nitrogens with two attached hydrogens (primary N) is 1. The van der Waals surface area contributed by atoms with Crippen molar-refractivity contribution in [2.24, 2.45) is 5.16 Å². The van der Waals surface area contributed by atoms with Gasteiger partial charge in [0.05, 0.1) is 12.2 Å². The van der Waals surface area contributed by atoms with Crippen molar-refractivity contribution in [3.05, 3.63) is 70.2 Å². The molecule has 2 aliphatic heterocycles. The van der Waals surface area contributed by atoms with E-state index < -0.39 is 40.9 Å². The molecule has 2 aromatic rings. The largest absolute Gasteiger partial charge is 0.463 e. The molecule has 214 valence electrons. The van der Waals surface area contributed by atoms with E-state index in [1.54, 1.807) is 44.5 Å². The number of nitrogens with one attached hydrogen (secondary N) is 1. The maximum absolute atomic E-state index is 13.4. The fourth-order valence-electron chi connectivity index (χ4n) is 3.95. The number of thioether (sulfide) groups is 1. The number of oxime groups is 1. The van der Waals surface area contributed by atoms with Crippen LogP contribution in [0.15, 0.2) is 64.1 Å². The maximum Gasteiger partial charge on any atom is 0.355 e. The SMILES string of the molecule is C/C=C(\COC(=O)C1=C(/C=C\c2cccnc2)CS[C@H]2[C@H](NC(=O)C(=NO)c3csc(N)n3)C(=O)N12)C(=O)OCC. The summed E-state index contributed by atoms with van der Waals surface area (Å²) in [4.78, 5) is 60.9. The van der Waals surface area contributed by atoms with Crippen LogP contribution in [0.5, 0.6) is 0 Å². The van der Waals surface area contributed by atoms with E-state index in [1.165, 1.54) is 28.1 Å². The van der Waals surface area contributed by atoms with Crippen LogP contribution < -0.4 is 11.1 Å². The quantitative estimate of drug-likeness (QED) is 0.0903. The standard InChI is InChI=1S/C26H26N6O7S2/c1-3-15(24(35)38-4-2)11-39-25(36)20-16(8-7-14-6-5-9-28-10-14)12-40-23-19(22(34)32(20)23)30-21(33)18(31-37)17-13-41-26(27)29-17/h3,5-10,13,19,23,37H,4,11-12H2,1-2H3,(H2,27,29)(H,30,33)/b8-7-,15-3+,31-18?/t19-,23+/m1/s1. The normalized spacial score (nSPS) is 19.1. The Morgan fingerprint density at radius 2 is 2.12 bits per heavy atom. The Labute approximate surface area is 242 Å². The lowest BCUT2D eigenvalue weighted by molar-refractivity contribution is -0.152. The molecule has 0 bridgehead atoms. The summed E-state index contributed by atoms with van der Waals surface area (Å²) in [7, 11) is 0. The molecule has 2 aliphatic rings. The first kappa shape index (κ1) is 29.5. The minimum Gasteiger partial charge on any atom is -0.463 e. The Bertz CT molecular complexity index is 1470. The third kappa shape index (κ3) is 6.47. The van der Waals surface area contributed by atoms with Crippen LogP contribution in [0.4, 0.5) is 5.13 Å². The van der Waals surface area contributed by atoms with Gasteiger partial charge in [-0.2, -0.15) is 0 Å². The van der Waals surface area contributed by atoms with Gasteiger partial charge in [0, 0.05) is 23.5 Å². The third-order valence-corrected chi connectivity index (χ3v) is 7.94. The zero-order chi connectivity index (χ0) is 29.5. The number of β-lactam (4-membered cyclic amide) rings is 1. The highest BCUT2D eigenvalue weighted by atomic mass is 32.2. The molecule has 41 heavy (non-hydrogen) atoms. The number of pyridine rings is 1. The van der Waals surface area contributed by atoms with E-state index in [0.717, 1.165) is 16.9 Å². The van der Waals surface area contributed by atoms with Crippen molar-refractivity contribution < 1.29 is 33.9 Å². The van der Waals surface area contributed by atoms with Gasteiger partial charge >= 0.3 is 11.9 Å². The van der Waals surface area contributed by atoms with Crippen molar-refractivity contribution >= 4 is 63.8 Å². The van der Waals surface area contributed by atoms with Gasteiger partial charge in [-0.25, -0.2) is 14.6 Å². The van der Waals surface area contributed by atoms with Crippen molar-refractivity contribution in [2.45, 2.75) is 25.3 Å². The second kappa shape index (κ2) is 13.2. The molecular weight excluding hydrogens is 572 g/mol. The molecular formula is C26H26N6O7S2. The molecule has 0 saturated carbocycles.